The summed E-state index contributed by atoms with van der Waals surface area (Å²) in [7, 11) is 0. The quantitative estimate of drug-likeness (QED) is 0.902. The molecule has 3 heteroatoms. The van der Waals surface area contributed by atoms with Crippen molar-refractivity contribution in [2.24, 2.45) is 0 Å². The van der Waals surface area contributed by atoms with Crippen LogP contribution in [0.3, 0.4) is 0 Å². The molecule has 0 aromatic heterocycles. The molecule has 0 saturated carbocycles. The van der Waals surface area contributed by atoms with Crippen LogP contribution in [0.15, 0.2) is 30.3 Å². The Labute approximate surface area is 129 Å². The normalized spacial score (nSPS) is 26.2. The topological polar surface area (TPSA) is 24.5 Å². The largest absolute Gasteiger partial charge is 0.377 e. The first-order valence-corrected chi connectivity index (χ1v) is 8.01. The molecular formula is C18H30N2O. The third kappa shape index (κ3) is 4.06. The van der Waals surface area contributed by atoms with Gasteiger partial charge in [-0.2, -0.15) is 0 Å². The van der Waals surface area contributed by atoms with Crippen LogP contribution in [0.1, 0.15) is 40.2 Å². The molecule has 0 aliphatic carbocycles. The van der Waals surface area contributed by atoms with E-state index in [-0.39, 0.29) is 11.1 Å². The van der Waals surface area contributed by atoms with Crippen LogP contribution in [0, 0.1) is 0 Å². The van der Waals surface area contributed by atoms with Gasteiger partial charge in [-0.25, -0.2) is 0 Å². The second-order valence-electron chi connectivity index (χ2n) is 7.21. The lowest BCUT2D eigenvalue weighted by atomic mass is 9.85. The average Bonchev–Trinajstić information content (AvgIpc) is 2.44. The Morgan fingerprint density at radius 1 is 1.19 bits per heavy atom. The molecule has 1 aromatic rings. The number of piperazine rings is 1. The van der Waals surface area contributed by atoms with Gasteiger partial charge in [0.05, 0.1) is 18.2 Å². The fourth-order valence-corrected chi connectivity index (χ4v) is 2.95. The fourth-order valence-electron chi connectivity index (χ4n) is 2.95. The van der Waals surface area contributed by atoms with E-state index in [9.17, 15) is 0 Å². The Kier molecular flexibility index (Phi) is 5.07. The highest BCUT2D eigenvalue weighted by Gasteiger charge is 2.40. The molecule has 3 nitrogen and oxygen atoms in total. The number of ether oxygens (including phenoxy) is 1. The zero-order valence-corrected chi connectivity index (χ0v) is 14.1. The highest BCUT2D eigenvalue weighted by molar-refractivity contribution is 5.25. The first-order chi connectivity index (χ1) is 9.83. The van der Waals surface area contributed by atoms with E-state index in [1.165, 1.54) is 5.56 Å². The summed E-state index contributed by atoms with van der Waals surface area (Å²) in [5.74, 6) is 0. The molecular weight excluding hydrogens is 260 g/mol. The van der Waals surface area contributed by atoms with Crippen molar-refractivity contribution >= 4 is 0 Å². The van der Waals surface area contributed by atoms with E-state index in [1.54, 1.807) is 0 Å². The number of rotatable bonds is 5. The molecule has 1 atom stereocenters. The number of benzene rings is 1. The van der Waals surface area contributed by atoms with Crippen molar-refractivity contribution in [2.45, 2.75) is 51.8 Å². The van der Waals surface area contributed by atoms with Gasteiger partial charge in [-0.05, 0) is 40.2 Å². The fraction of sp³-hybridized carbons (Fsp3) is 0.667. The van der Waals surface area contributed by atoms with Crippen LogP contribution in [-0.4, -0.2) is 42.8 Å². The molecule has 118 valence electrons. The monoisotopic (exact) mass is 290 g/mol. The van der Waals surface area contributed by atoms with Gasteiger partial charge in [-0.1, -0.05) is 30.3 Å². The molecule has 1 unspecified atom stereocenters. The van der Waals surface area contributed by atoms with Crippen LogP contribution in [-0.2, 0) is 10.3 Å². The average molecular weight is 290 g/mol. The van der Waals surface area contributed by atoms with Gasteiger partial charge in [-0.15, -0.1) is 0 Å². The van der Waals surface area contributed by atoms with Crippen LogP contribution in [0.4, 0.5) is 0 Å². The highest BCUT2D eigenvalue weighted by Crippen LogP contribution is 2.30. The summed E-state index contributed by atoms with van der Waals surface area (Å²) in [6.07, 6.45) is 0.302. The minimum Gasteiger partial charge on any atom is -0.377 e. The lowest BCUT2D eigenvalue weighted by molar-refractivity contribution is -0.00695. The molecule has 1 aliphatic heterocycles. The van der Waals surface area contributed by atoms with Gasteiger partial charge in [0, 0.05) is 25.2 Å². The summed E-state index contributed by atoms with van der Waals surface area (Å²) >= 11 is 0. The predicted octanol–water partition coefficient (Wildman–Crippen LogP) is 3.01. The molecule has 0 spiro atoms. The smallest absolute Gasteiger partial charge is 0.0597 e. The van der Waals surface area contributed by atoms with Crippen molar-refractivity contribution in [1.29, 1.82) is 0 Å². The summed E-state index contributed by atoms with van der Waals surface area (Å²) in [4.78, 5) is 2.55. The first-order valence-electron chi connectivity index (χ1n) is 8.01. The van der Waals surface area contributed by atoms with Crippen molar-refractivity contribution in [1.82, 2.24) is 10.2 Å². The van der Waals surface area contributed by atoms with Crippen LogP contribution in [0.2, 0.25) is 0 Å². The van der Waals surface area contributed by atoms with Gasteiger partial charge in [0.15, 0.2) is 0 Å². The van der Waals surface area contributed by atoms with Crippen LogP contribution in [0.5, 0.6) is 0 Å². The second-order valence-corrected chi connectivity index (χ2v) is 7.21. The van der Waals surface area contributed by atoms with Crippen LogP contribution >= 0.6 is 0 Å². The summed E-state index contributed by atoms with van der Waals surface area (Å²) < 4.78 is 5.75. The minimum atomic E-state index is 0.00854. The zero-order valence-electron chi connectivity index (χ0n) is 14.1. The summed E-state index contributed by atoms with van der Waals surface area (Å²) in [6, 6.07) is 10.7. The molecule has 2 rings (SSSR count). The summed E-state index contributed by atoms with van der Waals surface area (Å²) in [5.41, 5.74) is 1.53. The molecule has 1 fully saturated rings. The van der Waals surface area contributed by atoms with Gasteiger partial charge < -0.3 is 10.1 Å². The molecule has 21 heavy (non-hydrogen) atoms. The maximum atomic E-state index is 5.75. The van der Waals surface area contributed by atoms with Gasteiger partial charge in [-0.3, -0.25) is 4.90 Å². The summed E-state index contributed by atoms with van der Waals surface area (Å²) in [5, 5.41) is 3.75. The van der Waals surface area contributed by atoms with Crippen LogP contribution in [0.25, 0.3) is 0 Å². The van der Waals surface area contributed by atoms with Crippen molar-refractivity contribution in [3.63, 3.8) is 0 Å². The number of hydrogen-bond donors (Lipinski definition) is 1. The molecule has 1 saturated heterocycles. The van der Waals surface area contributed by atoms with Gasteiger partial charge in [0.2, 0.25) is 0 Å². The molecule has 1 heterocycles. The van der Waals surface area contributed by atoms with Gasteiger partial charge >= 0.3 is 0 Å². The molecule has 0 amide bonds. The third-order valence-corrected chi connectivity index (χ3v) is 4.50. The lowest BCUT2D eigenvalue weighted by Gasteiger charge is -2.51. The van der Waals surface area contributed by atoms with E-state index in [1.807, 2.05) is 0 Å². The van der Waals surface area contributed by atoms with Gasteiger partial charge in [0.25, 0.3) is 0 Å². The SMILES string of the molecule is CC(C)OCCN1CC(C)(c2ccccc2)NCC1(C)C. The molecule has 1 aromatic carbocycles. The maximum absolute atomic E-state index is 5.75. The maximum Gasteiger partial charge on any atom is 0.0597 e. The van der Waals surface area contributed by atoms with Crippen LogP contribution < -0.4 is 5.32 Å². The van der Waals surface area contributed by atoms with Crippen molar-refractivity contribution in [3.8, 4) is 0 Å². The van der Waals surface area contributed by atoms with E-state index in [2.05, 4.69) is 75.2 Å². The Morgan fingerprint density at radius 2 is 1.86 bits per heavy atom. The standard InChI is InChI=1S/C18H30N2O/c1-15(2)21-12-11-20-14-18(5,19-13-17(20,3)4)16-9-7-6-8-10-16/h6-10,15,19H,11-14H2,1-5H3. The van der Waals surface area contributed by atoms with E-state index < -0.39 is 0 Å². The minimum absolute atomic E-state index is 0.00854. The molecule has 1 N–H and O–H groups in total. The Bertz CT molecular complexity index is 444. The number of hydrogen-bond acceptors (Lipinski definition) is 3. The zero-order chi connectivity index (χ0) is 15.5. The highest BCUT2D eigenvalue weighted by atomic mass is 16.5. The lowest BCUT2D eigenvalue weighted by Crippen LogP contribution is -2.66. The Hall–Kier alpha value is -0.900. The first kappa shape index (κ1) is 16.5. The Morgan fingerprint density at radius 3 is 2.48 bits per heavy atom. The number of nitrogens with zero attached hydrogens (tertiary/aromatic N) is 1. The van der Waals surface area contributed by atoms with E-state index in [0.717, 1.165) is 26.2 Å². The van der Waals surface area contributed by atoms with E-state index in [4.69, 9.17) is 4.74 Å². The van der Waals surface area contributed by atoms with Crippen molar-refractivity contribution in [3.05, 3.63) is 35.9 Å². The predicted molar refractivity (Wildman–Crippen MR) is 88.5 cm³/mol. The number of nitrogens with one attached hydrogen (secondary N) is 1. The summed E-state index contributed by atoms with van der Waals surface area (Å²) in [6.45, 7) is 14.9. The van der Waals surface area contributed by atoms with Crippen molar-refractivity contribution < 1.29 is 4.74 Å². The van der Waals surface area contributed by atoms with Gasteiger partial charge in [0.1, 0.15) is 0 Å². The van der Waals surface area contributed by atoms with Crippen molar-refractivity contribution in [2.75, 3.05) is 26.2 Å². The second kappa shape index (κ2) is 6.47. The molecule has 1 aliphatic rings. The van der Waals surface area contributed by atoms with E-state index >= 15 is 0 Å². The Balaban J connectivity index is 2.08. The van der Waals surface area contributed by atoms with E-state index in [0.29, 0.717) is 6.10 Å². The molecule has 0 radical (unpaired) electrons. The molecule has 0 bridgehead atoms. The third-order valence-electron chi connectivity index (χ3n) is 4.50.